The molecule has 0 bridgehead atoms. The second-order valence-electron chi connectivity index (χ2n) is 5.86. The van der Waals surface area contributed by atoms with Gasteiger partial charge >= 0.3 is 6.09 Å². The molecule has 0 saturated heterocycles. The number of ether oxygens (including phenoxy) is 1. The maximum Gasteiger partial charge on any atom is 0.410 e. The SMILES string of the molecule is CCCCCN(C(=O)OC(C)(C)C)C(C)[C@H](C)O. The molecule has 1 N–H and O–H groups in total. The molecule has 108 valence electrons. The summed E-state index contributed by atoms with van der Waals surface area (Å²) in [6.45, 7) is 11.8. The van der Waals surface area contributed by atoms with Crippen molar-refractivity contribution >= 4 is 6.09 Å². The van der Waals surface area contributed by atoms with Crippen LogP contribution in [-0.2, 0) is 4.74 Å². The molecule has 4 nitrogen and oxygen atoms in total. The predicted octanol–water partition coefficient (Wildman–Crippen LogP) is 3.18. The van der Waals surface area contributed by atoms with Gasteiger partial charge in [-0.25, -0.2) is 4.79 Å². The minimum absolute atomic E-state index is 0.225. The first-order chi connectivity index (χ1) is 8.19. The van der Waals surface area contributed by atoms with E-state index in [1.54, 1.807) is 11.8 Å². The third-order valence-electron chi connectivity index (χ3n) is 2.82. The Bertz CT molecular complexity index is 246. The van der Waals surface area contributed by atoms with E-state index in [0.717, 1.165) is 19.3 Å². The second-order valence-corrected chi connectivity index (χ2v) is 5.86. The van der Waals surface area contributed by atoms with Crippen molar-refractivity contribution in [3.05, 3.63) is 0 Å². The van der Waals surface area contributed by atoms with E-state index < -0.39 is 11.7 Å². The first-order valence-corrected chi connectivity index (χ1v) is 6.86. The zero-order valence-corrected chi connectivity index (χ0v) is 12.7. The van der Waals surface area contributed by atoms with Crippen molar-refractivity contribution in [1.29, 1.82) is 0 Å². The first kappa shape index (κ1) is 17.2. The Morgan fingerprint density at radius 2 is 1.83 bits per heavy atom. The topological polar surface area (TPSA) is 49.8 Å². The van der Waals surface area contributed by atoms with Gasteiger partial charge in [-0.3, -0.25) is 0 Å². The summed E-state index contributed by atoms with van der Waals surface area (Å²) in [6, 6.07) is -0.225. The van der Waals surface area contributed by atoms with E-state index in [2.05, 4.69) is 6.92 Å². The number of aliphatic hydroxyl groups excluding tert-OH is 1. The lowest BCUT2D eigenvalue weighted by atomic mass is 10.1. The number of amides is 1. The third kappa shape index (κ3) is 6.84. The van der Waals surface area contributed by atoms with Gasteiger partial charge in [0, 0.05) is 6.54 Å². The van der Waals surface area contributed by atoms with E-state index in [1.807, 2.05) is 27.7 Å². The molecule has 0 aromatic heterocycles. The molecule has 0 aliphatic rings. The fraction of sp³-hybridized carbons (Fsp3) is 0.929. The molecule has 1 amide bonds. The van der Waals surface area contributed by atoms with E-state index in [4.69, 9.17) is 4.74 Å². The highest BCUT2D eigenvalue weighted by molar-refractivity contribution is 5.68. The molecular weight excluding hydrogens is 230 g/mol. The van der Waals surface area contributed by atoms with Gasteiger partial charge in [-0.2, -0.15) is 0 Å². The largest absolute Gasteiger partial charge is 0.444 e. The van der Waals surface area contributed by atoms with Gasteiger partial charge in [0.05, 0.1) is 12.1 Å². The van der Waals surface area contributed by atoms with Crippen molar-refractivity contribution in [3.63, 3.8) is 0 Å². The molecule has 0 aliphatic heterocycles. The standard InChI is InChI=1S/C14H29NO3/c1-7-8-9-10-15(11(2)12(3)16)13(17)18-14(4,5)6/h11-12,16H,7-10H2,1-6H3/t11?,12-/m0/s1. The van der Waals surface area contributed by atoms with Gasteiger partial charge < -0.3 is 14.7 Å². The van der Waals surface area contributed by atoms with Crippen LogP contribution >= 0.6 is 0 Å². The Hall–Kier alpha value is -0.770. The van der Waals surface area contributed by atoms with Crippen LogP contribution < -0.4 is 0 Å². The lowest BCUT2D eigenvalue weighted by Gasteiger charge is -2.33. The maximum absolute atomic E-state index is 12.1. The van der Waals surface area contributed by atoms with Crippen LogP contribution in [0.25, 0.3) is 0 Å². The van der Waals surface area contributed by atoms with Crippen LogP contribution in [0.1, 0.15) is 60.8 Å². The van der Waals surface area contributed by atoms with Gasteiger partial charge in [-0.05, 0) is 41.0 Å². The molecule has 0 fully saturated rings. The highest BCUT2D eigenvalue weighted by atomic mass is 16.6. The second kappa shape index (κ2) is 7.62. The Balaban J connectivity index is 4.59. The Morgan fingerprint density at radius 3 is 2.22 bits per heavy atom. The summed E-state index contributed by atoms with van der Waals surface area (Å²) in [5.74, 6) is 0. The highest BCUT2D eigenvalue weighted by Crippen LogP contribution is 2.14. The van der Waals surface area contributed by atoms with Crippen LogP contribution in [0.2, 0.25) is 0 Å². The monoisotopic (exact) mass is 259 g/mol. The Morgan fingerprint density at radius 1 is 1.28 bits per heavy atom. The number of hydrogen-bond acceptors (Lipinski definition) is 3. The molecule has 2 atom stereocenters. The molecular formula is C14H29NO3. The zero-order valence-electron chi connectivity index (χ0n) is 12.7. The number of aliphatic hydroxyl groups is 1. The fourth-order valence-electron chi connectivity index (χ4n) is 1.57. The van der Waals surface area contributed by atoms with Crippen molar-refractivity contribution in [1.82, 2.24) is 4.90 Å². The van der Waals surface area contributed by atoms with Crippen molar-refractivity contribution in [2.75, 3.05) is 6.54 Å². The smallest absolute Gasteiger partial charge is 0.410 e. The highest BCUT2D eigenvalue weighted by Gasteiger charge is 2.27. The predicted molar refractivity (Wildman–Crippen MR) is 73.6 cm³/mol. The van der Waals surface area contributed by atoms with E-state index in [1.165, 1.54) is 0 Å². The first-order valence-electron chi connectivity index (χ1n) is 6.86. The normalized spacial score (nSPS) is 15.1. The van der Waals surface area contributed by atoms with Gasteiger partial charge in [-0.1, -0.05) is 19.8 Å². The molecule has 4 heteroatoms. The number of rotatable bonds is 6. The molecule has 0 aliphatic carbocycles. The average Bonchev–Trinajstić information content (AvgIpc) is 2.20. The van der Waals surface area contributed by atoms with Crippen LogP contribution in [-0.4, -0.2) is 40.4 Å². The van der Waals surface area contributed by atoms with Gasteiger partial charge in [0.15, 0.2) is 0 Å². The van der Waals surface area contributed by atoms with E-state index in [0.29, 0.717) is 6.54 Å². The fourth-order valence-corrected chi connectivity index (χ4v) is 1.57. The summed E-state index contributed by atoms with van der Waals surface area (Å²) in [5, 5.41) is 9.65. The van der Waals surface area contributed by atoms with Gasteiger partial charge in [0.2, 0.25) is 0 Å². The molecule has 0 spiro atoms. The van der Waals surface area contributed by atoms with Crippen molar-refractivity contribution < 1.29 is 14.6 Å². The number of carbonyl (C=O) groups is 1. The van der Waals surface area contributed by atoms with Gasteiger partial charge in [-0.15, -0.1) is 0 Å². The molecule has 0 aromatic carbocycles. The van der Waals surface area contributed by atoms with Crippen LogP contribution in [0.5, 0.6) is 0 Å². The van der Waals surface area contributed by atoms with E-state index in [9.17, 15) is 9.90 Å². The summed E-state index contributed by atoms with van der Waals surface area (Å²) >= 11 is 0. The van der Waals surface area contributed by atoms with Crippen molar-refractivity contribution in [2.45, 2.75) is 78.6 Å². The van der Waals surface area contributed by atoms with Crippen molar-refractivity contribution in [2.24, 2.45) is 0 Å². The number of unbranched alkanes of at least 4 members (excludes halogenated alkanes) is 2. The summed E-state index contributed by atoms with van der Waals surface area (Å²) in [7, 11) is 0. The molecule has 0 heterocycles. The lowest BCUT2D eigenvalue weighted by molar-refractivity contribution is 0.000291. The Kier molecular flexibility index (Phi) is 7.29. The zero-order chi connectivity index (χ0) is 14.3. The lowest BCUT2D eigenvalue weighted by Crippen LogP contribution is -2.47. The maximum atomic E-state index is 12.1. The molecule has 18 heavy (non-hydrogen) atoms. The number of nitrogens with zero attached hydrogens (tertiary/aromatic N) is 1. The Labute approximate surface area is 111 Å². The third-order valence-corrected chi connectivity index (χ3v) is 2.82. The summed E-state index contributed by atoms with van der Waals surface area (Å²) in [6.07, 6.45) is 2.22. The van der Waals surface area contributed by atoms with Crippen molar-refractivity contribution in [3.8, 4) is 0 Å². The number of carbonyl (C=O) groups excluding carboxylic acids is 1. The molecule has 0 saturated carbocycles. The summed E-state index contributed by atoms with van der Waals surface area (Å²) in [4.78, 5) is 13.7. The van der Waals surface area contributed by atoms with E-state index >= 15 is 0 Å². The molecule has 0 radical (unpaired) electrons. The van der Waals surface area contributed by atoms with Gasteiger partial charge in [0.25, 0.3) is 0 Å². The quantitative estimate of drug-likeness (QED) is 0.745. The van der Waals surface area contributed by atoms with Crippen LogP contribution in [0.3, 0.4) is 0 Å². The van der Waals surface area contributed by atoms with E-state index in [-0.39, 0.29) is 12.1 Å². The van der Waals surface area contributed by atoms with Crippen LogP contribution in [0.15, 0.2) is 0 Å². The minimum Gasteiger partial charge on any atom is -0.444 e. The number of hydrogen-bond donors (Lipinski definition) is 1. The molecule has 1 unspecified atom stereocenters. The van der Waals surface area contributed by atoms with Crippen LogP contribution in [0.4, 0.5) is 4.79 Å². The molecule has 0 aromatic rings. The average molecular weight is 259 g/mol. The minimum atomic E-state index is -0.556. The summed E-state index contributed by atoms with van der Waals surface area (Å²) in [5.41, 5.74) is -0.501. The summed E-state index contributed by atoms with van der Waals surface area (Å²) < 4.78 is 5.38. The molecule has 0 rings (SSSR count). The van der Waals surface area contributed by atoms with Gasteiger partial charge in [0.1, 0.15) is 5.60 Å². The van der Waals surface area contributed by atoms with Crippen LogP contribution in [0, 0.1) is 0 Å².